The summed E-state index contributed by atoms with van der Waals surface area (Å²) in [4.78, 5) is 13.9. The van der Waals surface area contributed by atoms with E-state index >= 15 is 0 Å². The van der Waals surface area contributed by atoms with Crippen molar-refractivity contribution in [1.82, 2.24) is 10.2 Å². The van der Waals surface area contributed by atoms with Crippen molar-refractivity contribution in [3.05, 3.63) is 27.1 Å². The Morgan fingerprint density at radius 1 is 1.58 bits per heavy atom. The SMILES string of the molecule is CCCNCC1CCN(C)C1c1ccc([N+](=O)[O-])s1. The number of hydrogen-bond acceptors (Lipinski definition) is 5. The first-order chi connectivity index (χ1) is 9.13. The number of nitrogens with one attached hydrogen (secondary N) is 1. The Kier molecular flexibility index (Phi) is 4.90. The maximum atomic E-state index is 10.8. The number of hydrogen-bond donors (Lipinski definition) is 1. The summed E-state index contributed by atoms with van der Waals surface area (Å²) >= 11 is 1.32. The van der Waals surface area contributed by atoms with Gasteiger partial charge in [0.25, 0.3) is 0 Å². The van der Waals surface area contributed by atoms with E-state index in [-0.39, 0.29) is 9.92 Å². The lowest BCUT2D eigenvalue weighted by molar-refractivity contribution is -0.380. The summed E-state index contributed by atoms with van der Waals surface area (Å²) in [6.07, 6.45) is 2.29. The molecule has 0 saturated carbocycles. The van der Waals surface area contributed by atoms with E-state index in [1.165, 1.54) is 11.3 Å². The van der Waals surface area contributed by atoms with Crippen LogP contribution in [-0.4, -0.2) is 36.5 Å². The first kappa shape index (κ1) is 14.4. The van der Waals surface area contributed by atoms with Gasteiger partial charge in [0.15, 0.2) is 0 Å². The number of thiophene rings is 1. The van der Waals surface area contributed by atoms with E-state index in [4.69, 9.17) is 0 Å². The Balaban J connectivity index is 2.07. The zero-order valence-corrected chi connectivity index (χ0v) is 12.3. The second-order valence-corrected chi connectivity index (χ2v) is 6.21. The van der Waals surface area contributed by atoms with E-state index in [0.717, 1.165) is 37.4 Å². The predicted molar refractivity (Wildman–Crippen MR) is 77.6 cm³/mol. The van der Waals surface area contributed by atoms with Crippen molar-refractivity contribution in [3.63, 3.8) is 0 Å². The Hall–Kier alpha value is -0.980. The zero-order valence-electron chi connectivity index (χ0n) is 11.5. The Bertz CT molecular complexity index is 435. The molecule has 1 fully saturated rings. The van der Waals surface area contributed by atoms with Crippen LogP contribution >= 0.6 is 11.3 Å². The molecule has 106 valence electrons. The van der Waals surface area contributed by atoms with Crippen LogP contribution in [0, 0.1) is 16.0 Å². The molecule has 1 aromatic rings. The van der Waals surface area contributed by atoms with Gasteiger partial charge in [-0.15, -0.1) is 0 Å². The molecule has 5 nitrogen and oxygen atoms in total. The van der Waals surface area contributed by atoms with Gasteiger partial charge in [-0.1, -0.05) is 18.3 Å². The van der Waals surface area contributed by atoms with Crippen molar-refractivity contribution in [2.24, 2.45) is 5.92 Å². The molecule has 2 rings (SSSR count). The Labute approximate surface area is 117 Å². The molecule has 1 saturated heterocycles. The summed E-state index contributed by atoms with van der Waals surface area (Å²) in [5.74, 6) is 0.551. The van der Waals surface area contributed by atoms with Gasteiger partial charge in [-0.25, -0.2) is 0 Å². The second kappa shape index (κ2) is 6.45. The molecule has 6 heteroatoms. The van der Waals surface area contributed by atoms with Crippen LogP contribution < -0.4 is 5.32 Å². The molecule has 0 aliphatic carbocycles. The molecule has 1 aliphatic rings. The third-order valence-corrected chi connectivity index (χ3v) is 4.80. The van der Waals surface area contributed by atoms with Crippen LogP contribution in [0.15, 0.2) is 12.1 Å². The quantitative estimate of drug-likeness (QED) is 0.495. The van der Waals surface area contributed by atoms with Gasteiger partial charge in [-0.05, 0) is 51.5 Å². The molecule has 2 atom stereocenters. The van der Waals surface area contributed by atoms with E-state index in [1.54, 1.807) is 6.07 Å². The van der Waals surface area contributed by atoms with Gasteiger partial charge in [-0.2, -0.15) is 0 Å². The lowest BCUT2D eigenvalue weighted by atomic mass is 9.99. The van der Waals surface area contributed by atoms with Gasteiger partial charge < -0.3 is 5.32 Å². The van der Waals surface area contributed by atoms with Gasteiger partial charge in [0.2, 0.25) is 0 Å². The molecule has 0 radical (unpaired) electrons. The van der Waals surface area contributed by atoms with Crippen LogP contribution in [0.3, 0.4) is 0 Å². The van der Waals surface area contributed by atoms with Crippen molar-refractivity contribution >= 4 is 16.3 Å². The van der Waals surface area contributed by atoms with E-state index < -0.39 is 0 Å². The monoisotopic (exact) mass is 283 g/mol. The van der Waals surface area contributed by atoms with Crippen LogP contribution in [0.1, 0.15) is 30.7 Å². The fourth-order valence-electron chi connectivity index (χ4n) is 2.75. The summed E-state index contributed by atoms with van der Waals surface area (Å²) in [5.41, 5.74) is 0. The van der Waals surface area contributed by atoms with Crippen LogP contribution in [0.2, 0.25) is 0 Å². The van der Waals surface area contributed by atoms with Crippen LogP contribution in [-0.2, 0) is 0 Å². The Morgan fingerprint density at radius 2 is 2.37 bits per heavy atom. The maximum absolute atomic E-state index is 10.8. The summed E-state index contributed by atoms with van der Waals surface area (Å²) in [6, 6.07) is 3.87. The van der Waals surface area contributed by atoms with Gasteiger partial charge in [0, 0.05) is 17.0 Å². The average molecular weight is 283 g/mol. The fraction of sp³-hybridized carbons (Fsp3) is 0.692. The third kappa shape index (κ3) is 3.32. The van der Waals surface area contributed by atoms with Gasteiger partial charge in [0.1, 0.15) is 0 Å². The predicted octanol–water partition coefficient (Wildman–Crippen LogP) is 2.65. The highest BCUT2D eigenvalue weighted by Crippen LogP contribution is 2.40. The molecule has 1 aliphatic heterocycles. The van der Waals surface area contributed by atoms with E-state index in [0.29, 0.717) is 12.0 Å². The summed E-state index contributed by atoms with van der Waals surface area (Å²) in [6.45, 7) is 5.26. The molecule has 19 heavy (non-hydrogen) atoms. The largest absolute Gasteiger partial charge is 0.324 e. The lowest BCUT2D eigenvalue weighted by Crippen LogP contribution is -2.28. The van der Waals surface area contributed by atoms with Crippen molar-refractivity contribution in [3.8, 4) is 0 Å². The molecule has 0 aromatic carbocycles. The average Bonchev–Trinajstić information content (AvgIpc) is 2.96. The van der Waals surface area contributed by atoms with E-state index in [1.807, 2.05) is 6.07 Å². The van der Waals surface area contributed by atoms with Crippen LogP contribution in [0.4, 0.5) is 5.00 Å². The molecule has 0 amide bonds. The highest BCUT2D eigenvalue weighted by atomic mass is 32.1. The number of rotatable bonds is 6. The first-order valence-electron chi connectivity index (χ1n) is 6.78. The molecule has 0 bridgehead atoms. The first-order valence-corrected chi connectivity index (χ1v) is 7.60. The fourth-order valence-corrected chi connectivity index (χ4v) is 3.83. The maximum Gasteiger partial charge on any atom is 0.324 e. The Morgan fingerprint density at radius 3 is 3.00 bits per heavy atom. The zero-order chi connectivity index (χ0) is 13.8. The standard InChI is InChI=1S/C13H21N3O2S/c1-3-7-14-9-10-6-8-15(2)13(10)11-4-5-12(19-11)16(17)18/h4-5,10,13-14H,3,6-9H2,1-2H3. The van der Waals surface area contributed by atoms with Gasteiger partial charge >= 0.3 is 5.00 Å². The minimum absolute atomic E-state index is 0.246. The summed E-state index contributed by atoms with van der Waals surface area (Å²) in [5, 5.41) is 14.5. The number of nitrogens with zero attached hydrogens (tertiary/aromatic N) is 2. The molecular formula is C13H21N3O2S. The highest BCUT2D eigenvalue weighted by molar-refractivity contribution is 7.15. The van der Waals surface area contributed by atoms with Crippen molar-refractivity contribution < 1.29 is 4.92 Å². The van der Waals surface area contributed by atoms with Crippen molar-refractivity contribution in [1.29, 1.82) is 0 Å². The summed E-state index contributed by atoms with van der Waals surface area (Å²) < 4.78 is 0. The highest BCUT2D eigenvalue weighted by Gasteiger charge is 2.34. The normalized spacial score (nSPS) is 23.9. The van der Waals surface area contributed by atoms with Crippen molar-refractivity contribution in [2.75, 3.05) is 26.7 Å². The topological polar surface area (TPSA) is 58.4 Å². The molecular weight excluding hydrogens is 262 g/mol. The van der Waals surface area contributed by atoms with Crippen LogP contribution in [0.25, 0.3) is 0 Å². The molecule has 0 spiro atoms. The van der Waals surface area contributed by atoms with Gasteiger partial charge in [0.05, 0.1) is 4.92 Å². The molecule has 2 heterocycles. The molecule has 2 unspecified atom stereocenters. The minimum atomic E-state index is -0.298. The number of likely N-dealkylation sites (tertiary alicyclic amines) is 1. The van der Waals surface area contributed by atoms with Crippen LogP contribution in [0.5, 0.6) is 0 Å². The summed E-state index contributed by atoms with van der Waals surface area (Å²) in [7, 11) is 2.11. The number of nitro groups is 1. The second-order valence-electron chi connectivity index (χ2n) is 5.11. The lowest BCUT2D eigenvalue weighted by Gasteiger charge is -2.24. The smallest absolute Gasteiger partial charge is 0.316 e. The molecule has 1 aromatic heterocycles. The van der Waals surface area contributed by atoms with E-state index in [2.05, 4.69) is 24.2 Å². The van der Waals surface area contributed by atoms with E-state index in [9.17, 15) is 10.1 Å². The third-order valence-electron chi connectivity index (χ3n) is 3.69. The van der Waals surface area contributed by atoms with Gasteiger partial charge in [-0.3, -0.25) is 15.0 Å². The van der Waals surface area contributed by atoms with Crippen molar-refractivity contribution in [2.45, 2.75) is 25.8 Å². The minimum Gasteiger partial charge on any atom is -0.316 e. The molecule has 1 N–H and O–H groups in total.